The van der Waals surface area contributed by atoms with Crippen LogP contribution in [0.15, 0.2) is 42.5 Å². The van der Waals surface area contributed by atoms with Crippen LogP contribution in [-0.4, -0.2) is 79.0 Å². The summed E-state index contributed by atoms with van der Waals surface area (Å²) in [5, 5.41) is 13.9. The van der Waals surface area contributed by atoms with E-state index in [1.807, 2.05) is 36.4 Å². The van der Waals surface area contributed by atoms with Crippen LogP contribution < -0.4 is 20.1 Å². The normalized spacial score (nSPS) is 13.6. The summed E-state index contributed by atoms with van der Waals surface area (Å²) in [7, 11) is -1.74. The molecule has 2 rings (SSSR count). The van der Waals surface area contributed by atoms with Crippen LogP contribution in [-0.2, 0) is 36.7 Å². The van der Waals surface area contributed by atoms with Gasteiger partial charge in [-0.3, -0.25) is 9.13 Å². The maximum absolute atomic E-state index is 13.2. The molecule has 2 atom stereocenters. The molecular formula is C30H48N2O12P2. The summed E-state index contributed by atoms with van der Waals surface area (Å²) in [6.45, 7) is 4.03. The highest BCUT2D eigenvalue weighted by Gasteiger charge is 2.63. The molecule has 0 heterocycles. The first kappa shape index (κ1) is 39.7. The Morgan fingerprint density at radius 2 is 1.28 bits per heavy atom. The number of benzene rings is 2. The minimum Gasteiger partial charge on any atom is -0.468 e. The lowest BCUT2D eigenvalue weighted by Crippen LogP contribution is -2.38. The van der Waals surface area contributed by atoms with Crippen molar-refractivity contribution < 1.29 is 56.1 Å². The molecule has 0 spiro atoms. The second-order valence-electron chi connectivity index (χ2n) is 10.1. The molecule has 0 bridgehead atoms. The third-order valence-corrected chi connectivity index (χ3v) is 13.2. The van der Waals surface area contributed by atoms with Gasteiger partial charge < -0.3 is 52.8 Å². The Bertz CT molecular complexity index is 1290. The Balaban J connectivity index is 2.33. The zero-order valence-electron chi connectivity index (χ0n) is 27.8. The van der Waals surface area contributed by atoms with E-state index < -0.39 is 32.7 Å². The number of rotatable bonds is 21. The van der Waals surface area contributed by atoms with E-state index >= 15 is 0 Å². The number of hydrogen-bond donors (Lipinski definition) is 3. The van der Waals surface area contributed by atoms with E-state index in [0.717, 1.165) is 52.4 Å². The van der Waals surface area contributed by atoms with E-state index in [4.69, 9.17) is 37.0 Å². The van der Waals surface area contributed by atoms with Gasteiger partial charge in [0.2, 0.25) is 0 Å². The summed E-state index contributed by atoms with van der Waals surface area (Å²) in [6.07, 6.45) is 1.13. The SMILES string of the molecule is CCC(c1ccc(OCOC)cc1)C(CC)c1ccc(OCOC)c(NC(=O)NCCC(O)(P(=O)(OC)OC)P(=O)(OC)OC)c1. The molecule has 3 N–H and O–H groups in total. The van der Waals surface area contributed by atoms with E-state index in [1.54, 1.807) is 13.2 Å². The first-order valence-corrected chi connectivity index (χ1v) is 17.7. The van der Waals surface area contributed by atoms with Crippen molar-refractivity contribution in [3.05, 3.63) is 53.6 Å². The molecule has 14 nitrogen and oxygen atoms in total. The van der Waals surface area contributed by atoms with Crippen LogP contribution >= 0.6 is 15.2 Å². The van der Waals surface area contributed by atoms with Gasteiger partial charge in [0, 0.05) is 55.6 Å². The second kappa shape index (κ2) is 18.7. The van der Waals surface area contributed by atoms with Crippen LogP contribution in [0.5, 0.6) is 11.5 Å². The molecule has 2 aromatic rings. The Labute approximate surface area is 271 Å². The predicted octanol–water partition coefficient (Wildman–Crippen LogP) is 6.47. The van der Waals surface area contributed by atoms with E-state index in [-0.39, 0.29) is 32.0 Å². The Kier molecular flexibility index (Phi) is 16.2. The number of hydrogen-bond acceptors (Lipinski definition) is 12. The lowest BCUT2D eigenvalue weighted by Gasteiger charge is -2.36. The maximum Gasteiger partial charge on any atom is 0.374 e. The van der Waals surface area contributed by atoms with Crippen LogP contribution in [0.3, 0.4) is 0 Å². The zero-order valence-corrected chi connectivity index (χ0v) is 29.6. The number of nitrogens with one attached hydrogen (secondary N) is 2. The fourth-order valence-corrected chi connectivity index (χ4v) is 9.65. The summed E-state index contributed by atoms with van der Waals surface area (Å²) >= 11 is 0. The van der Waals surface area contributed by atoms with Crippen LogP contribution in [0.4, 0.5) is 10.5 Å². The molecule has 2 unspecified atom stereocenters. The van der Waals surface area contributed by atoms with E-state index in [0.29, 0.717) is 17.2 Å². The summed E-state index contributed by atoms with van der Waals surface area (Å²) < 4.78 is 67.4. The molecule has 0 saturated heterocycles. The maximum atomic E-state index is 13.2. The summed E-state index contributed by atoms with van der Waals surface area (Å²) in [5.41, 5.74) is 2.50. The van der Waals surface area contributed by atoms with Crippen molar-refractivity contribution in [3.8, 4) is 11.5 Å². The molecule has 2 aromatic carbocycles. The molecule has 0 aliphatic heterocycles. The number of anilines is 1. The Morgan fingerprint density at radius 1 is 0.783 bits per heavy atom. The second-order valence-corrected chi connectivity index (χ2v) is 15.4. The van der Waals surface area contributed by atoms with Gasteiger partial charge in [0.25, 0.3) is 5.08 Å². The predicted molar refractivity (Wildman–Crippen MR) is 174 cm³/mol. The first-order chi connectivity index (χ1) is 22.0. The van der Waals surface area contributed by atoms with Crippen molar-refractivity contribution in [2.24, 2.45) is 0 Å². The van der Waals surface area contributed by atoms with Gasteiger partial charge in [-0.2, -0.15) is 0 Å². The Morgan fingerprint density at radius 3 is 1.78 bits per heavy atom. The number of carbonyl (C=O) groups excluding carboxylic acids is 1. The number of aliphatic hydroxyl groups is 1. The minimum absolute atomic E-state index is 0.0540. The lowest BCUT2D eigenvalue weighted by molar-refractivity contribution is 0.0510. The van der Waals surface area contributed by atoms with Crippen molar-refractivity contribution in [2.45, 2.75) is 50.0 Å². The number of amides is 2. The summed E-state index contributed by atoms with van der Waals surface area (Å²) in [5.74, 6) is 1.34. The molecule has 0 fully saturated rings. The van der Waals surface area contributed by atoms with Gasteiger partial charge in [0.15, 0.2) is 13.6 Å². The summed E-state index contributed by atoms with van der Waals surface area (Å²) in [4.78, 5) is 13.1. The van der Waals surface area contributed by atoms with Gasteiger partial charge in [0.05, 0.1) is 5.69 Å². The van der Waals surface area contributed by atoms with Gasteiger partial charge in [-0.05, 0) is 60.1 Å². The fraction of sp³-hybridized carbons (Fsp3) is 0.567. The molecule has 2 amide bonds. The molecule has 0 aliphatic rings. The van der Waals surface area contributed by atoms with Gasteiger partial charge in [-0.25, -0.2) is 4.79 Å². The first-order valence-electron chi connectivity index (χ1n) is 14.6. The van der Waals surface area contributed by atoms with Crippen LogP contribution in [0.25, 0.3) is 0 Å². The number of methoxy groups -OCH3 is 2. The quantitative estimate of drug-likeness (QED) is 0.0966. The smallest absolute Gasteiger partial charge is 0.374 e. The van der Waals surface area contributed by atoms with Crippen molar-refractivity contribution in [2.75, 3.05) is 68.1 Å². The van der Waals surface area contributed by atoms with Gasteiger partial charge in [0.1, 0.15) is 11.5 Å². The van der Waals surface area contributed by atoms with Gasteiger partial charge in [-0.15, -0.1) is 0 Å². The molecule has 46 heavy (non-hydrogen) atoms. The standard InChI is InChI=1S/C30H48N2O12P2/c1-9-25(22-11-14-24(15-12-22)43-20-37-3)26(10-2)23-13-16-28(44-21-38-4)27(19-23)32-29(33)31-18-17-30(34,45(35,39-5)40-6)46(36,41-7)42-8/h11-16,19,25-26,34H,9-10,17-18,20-21H2,1-8H3,(H2,31,32,33). The van der Waals surface area contributed by atoms with Crippen molar-refractivity contribution in [1.29, 1.82) is 0 Å². The third-order valence-electron chi connectivity index (χ3n) is 7.61. The molecule has 16 heteroatoms. The number of urea groups is 1. The minimum atomic E-state index is -4.45. The van der Waals surface area contributed by atoms with Crippen molar-refractivity contribution in [3.63, 3.8) is 0 Å². The number of ether oxygens (including phenoxy) is 4. The lowest BCUT2D eigenvalue weighted by atomic mass is 9.78. The zero-order chi connectivity index (χ0) is 34.4. The van der Waals surface area contributed by atoms with E-state index in [9.17, 15) is 19.0 Å². The van der Waals surface area contributed by atoms with Crippen LogP contribution in [0.1, 0.15) is 56.1 Å². The van der Waals surface area contributed by atoms with Crippen LogP contribution in [0, 0.1) is 0 Å². The molecule has 0 saturated carbocycles. The highest BCUT2D eigenvalue weighted by atomic mass is 31.2. The van der Waals surface area contributed by atoms with E-state index in [2.05, 4.69) is 24.5 Å². The molecular weight excluding hydrogens is 642 g/mol. The molecule has 0 radical (unpaired) electrons. The van der Waals surface area contributed by atoms with Crippen molar-refractivity contribution in [1.82, 2.24) is 5.32 Å². The topological polar surface area (TPSA) is 169 Å². The van der Waals surface area contributed by atoms with Gasteiger partial charge in [-0.1, -0.05) is 32.0 Å². The van der Waals surface area contributed by atoms with Crippen LogP contribution in [0.2, 0.25) is 0 Å². The largest absolute Gasteiger partial charge is 0.468 e. The molecule has 0 aliphatic carbocycles. The Hall–Kier alpha value is -2.51. The summed E-state index contributed by atoms with van der Waals surface area (Å²) in [6, 6.07) is 12.8. The average Bonchev–Trinajstić information content (AvgIpc) is 3.08. The molecule has 260 valence electrons. The highest BCUT2D eigenvalue weighted by molar-refractivity contribution is 7.73. The van der Waals surface area contributed by atoms with Gasteiger partial charge >= 0.3 is 21.2 Å². The molecule has 0 aromatic heterocycles. The third kappa shape index (κ3) is 9.31. The monoisotopic (exact) mass is 690 g/mol. The fourth-order valence-electron chi connectivity index (χ4n) is 5.24. The number of carbonyl (C=O) groups is 1. The average molecular weight is 691 g/mol. The van der Waals surface area contributed by atoms with E-state index in [1.165, 1.54) is 7.11 Å². The highest BCUT2D eigenvalue weighted by Crippen LogP contribution is 2.76. The van der Waals surface area contributed by atoms with Crippen molar-refractivity contribution >= 4 is 26.9 Å².